The Labute approximate surface area is 124 Å². The minimum Gasteiger partial charge on any atom is -0.397 e. The number of nitrogens with one attached hydrogen (secondary N) is 1. The lowest BCUT2D eigenvalue weighted by molar-refractivity contribution is 0.257. The Morgan fingerprint density at radius 3 is 2.95 bits per heavy atom. The normalized spacial score (nSPS) is 16.8. The largest absolute Gasteiger partial charge is 0.397 e. The van der Waals surface area contributed by atoms with Crippen LogP contribution in [0, 0.1) is 6.92 Å². The first-order valence-corrected chi connectivity index (χ1v) is 7.98. The smallest absolute Gasteiger partial charge is 0.0907 e. The van der Waals surface area contributed by atoms with Gasteiger partial charge in [0.15, 0.2) is 0 Å². The van der Waals surface area contributed by atoms with Crippen molar-refractivity contribution in [3.05, 3.63) is 17.1 Å². The van der Waals surface area contributed by atoms with Gasteiger partial charge in [-0.15, -0.1) is 11.3 Å². The van der Waals surface area contributed by atoms with Crippen LogP contribution in [-0.4, -0.2) is 35.6 Å². The van der Waals surface area contributed by atoms with Crippen LogP contribution >= 0.6 is 11.3 Å². The van der Waals surface area contributed by atoms with E-state index in [9.17, 15) is 0 Å². The zero-order valence-corrected chi connectivity index (χ0v) is 13.1. The number of hydrogen-bond acceptors (Lipinski definition) is 5. The highest BCUT2D eigenvalue weighted by atomic mass is 32.1. The molecular formula is C15H22N4S. The van der Waals surface area contributed by atoms with E-state index >= 15 is 0 Å². The van der Waals surface area contributed by atoms with E-state index in [-0.39, 0.29) is 0 Å². The van der Waals surface area contributed by atoms with Crippen molar-refractivity contribution in [3.63, 3.8) is 0 Å². The molecule has 3 N–H and O–H groups in total. The molecule has 1 aliphatic rings. The predicted molar refractivity (Wildman–Crippen MR) is 87.5 cm³/mol. The number of hydrogen-bond donors (Lipinski definition) is 2. The zero-order chi connectivity index (χ0) is 14.3. The van der Waals surface area contributed by atoms with Crippen molar-refractivity contribution < 1.29 is 0 Å². The molecule has 108 valence electrons. The van der Waals surface area contributed by atoms with Crippen molar-refractivity contribution in [3.8, 4) is 0 Å². The fraction of sp³-hybridized carbons (Fsp3) is 0.533. The van der Waals surface area contributed by atoms with E-state index in [1.165, 1.54) is 12.8 Å². The van der Waals surface area contributed by atoms with Crippen molar-refractivity contribution in [2.75, 3.05) is 24.6 Å². The maximum absolute atomic E-state index is 6.13. The van der Waals surface area contributed by atoms with Gasteiger partial charge in [-0.05, 0) is 45.9 Å². The van der Waals surface area contributed by atoms with Gasteiger partial charge in [-0.25, -0.2) is 4.98 Å². The monoisotopic (exact) mass is 290 g/mol. The average Bonchev–Trinajstić information content (AvgIpc) is 3.18. The molecule has 1 heterocycles. The summed E-state index contributed by atoms with van der Waals surface area (Å²) in [5.41, 5.74) is 8.97. The van der Waals surface area contributed by atoms with Crippen LogP contribution in [0.25, 0.3) is 10.2 Å². The Balaban J connectivity index is 1.71. The maximum atomic E-state index is 6.13. The van der Waals surface area contributed by atoms with E-state index in [1.807, 2.05) is 13.0 Å². The highest BCUT2D eigenvalue weighted by Crippen LogP contribution is 2.30. The van der Waals surface area contributed by atoms with Gasteiger partial charge in [0.2, 0.25) is 0 Å². The molecule has 5 heteroatoms. The third-order valence-corrected chi connectivity index (χ3v) is 5.01. The molecule has 0 saturated heterocycles. The van der Waals surface area contributed by atoms with Crippen molar-refractivity contribution in [2.24, 2.45) is 0 Å². The zero-order valence-electron chi connectivity index (χ0n) is 12.3. The first-order valence-electron chi connectivity index (χ1n) is 7.17. The van der Waals surface area contributed by atoms with Crippen LogP contribution < -0.4 is 11.1 Å². The van der Waals surface area contributed by atoms with Crippen LogP contribution in [0.2, 0.25) is 0 Å². The lowest BCUT2D eigenvalue weighted by Gasteiger charge is -2.25. The van der Waals surface area contributed by atoms with E-state index in [0.29, 0.717) is 6.04 Å². The number of nitrogen functional groups attached to an aromatic ring is 1. The third kappa shape index (κ3) is 2.74. The van der Waals surface area contributed by atoms with Gasteiger partial charge in [-0.3, -0.25) is 4.90 Å². The number of rotatable bonds is 5. The number of fused-ring (bicyclic) bond motifs is 1. The molecule has 1 fully saturated rings. The highest BCUT2D eigenvalue weighted by Gasteiger charge is 2.28. The second-order valence-electron chi connectivity index (χ2n) is 5.77. The number of thiazole rings is 1. The number of aromatic nitrogens is 1. The van der Waals surface area contributed by atoms with Gasteiger partial charge < -0.3 is 11.1 Å². The Morgan fingerprint density at radius 1 is 1.50 bits per heavy atom. The first kappa shape index (κ1) is 13.6. The second kappa shape index (κ2) is 5.22. The Morgan fingerprint density at radius 2 is 2.25 bits per heavy atom. The molecule has 20 heavy (non-hydrogen) atoms. The lowest BCUT2D eigenvalue weighted by Crippen LogP contribution is -2.36. The Kier molecular flexibility index (Phi) is 3.56. The Hall–Kier alpha value is -1.33. The fourth-order valence-corrected chi connectivity index (χ4v) is 3.36. The van der Waals surface area contributed by atoms with E-state index in [1.54, 1.807) is 11.3 Å². The summed E-state index contributed by atoms with van der Waals surface area (Å²) in [6.07, 6.45) is 2.68. The van der Waals surface area contributed by atoms with E-state index in [2.05, 4.69) is 35.2 Å². The number of anilines is 2. The number of nitrogens with two attached hydrogens (primary N) is 1. The summed E-state index contributed by atoms with van der Waals surface area (Å²) in [4.78, 5) is 6.98. The summed E-state index contributed by atoms with van der Waals surface area (Å²) in [5, 5.41) is 4.56. The molecule has 0 aliphatic heterocycles. The second-order valence-corrected chi connectivity index (χ2v) is 7.00. The molecule has 4 nitrogen and oxygen atoms in total. The van der Waals surface area contributed by atoms with Gasteiger partial charge in [-0.1, -0.05) is 0 Å². The summed E-state index contributed by atoms with van der Waals surface area (Å²) >= 11 is 1.69. The van der Waals surface area contributed by atoms with Gasteiger partial charge in [-0.2, -0.15) is 0 Å². The van der Waals surface area contributed by atoms with E-state index in [4.69, 9.17) is 5.73 Å². The summed E-state index contributed by atoms with van der Waals surface area (Å²) in [7, 11) is 2.21. The van der Waals surface area contributed by atoms with Gasteiger partial charge in [0, 0.05) is 18.6 Å². The van der Waals surface area contributed by atoms with Crippen LogP contribution in [-0.2, 0) is 0 Å². The predicted octanol–water partition coefficient (Wildman–Crippen LogP) is 3.08. The fourth-order valence-electron chi connectivity index (χ4n) is 2.50. The first-order chi connectivity index (χ1) is 9.54. The SMILES string of the molecule is Cc1nc2cc(NCC(C)N(C)C3CC3)c(N)cc2s1. The van der Waals surface area contributed by atoms with Crippen LogP contribution in [0.1, 0.15) is 24.8 Å². The van der Waals surface area contributed by atoms with Gasteiger partial charge in [0.1, 0.15) is 0 Å². The molecule has 3 rings (SSSR count). The molecule has 1 atom stereocenters. The minimum atomic E-state index is 0.509. The number of aryl methyl sites for hydroxylation is 1. The summed E-state index contributed by atoms with van der Waals surface area (Å²) < 4.78 is 1.16. The molecule has 0 bridgehead atoms. The summed E-state index contributed by atoms with van der Waals surface area (Å²) in [5.74, 6) is 0. The number of benzene rings is 1. The van der Waals surface area contributed by atoms with Crippen LogP contribution in [0.15, 0.2) is 12.1 Å². The summed E-state index contributed by atoms with van der Waals surface area (Å²) in [6, 6.07) is 5.39. The topological polar surface area (TPSA) is 54.2 Å². The number of likely N-dealkylation sites (N-methyl/N-ethyl adjacent to an activating group) is 1. The van der Waals surface area contributed by atoms with Crippen molar-refractivity contribution >= 4 is 32.9 Å². The van der Waals surface area contributed by atoms with E-state index in [0.717, 1.165) is 39.2 Å². The molecule has 1 saturated carbocycles. The molecular weight excluding hydrogens is 268 g/mol. The van der Waals surface area contributed by atoms with Crippen LogP contribution in [0.3, 0.4) is 0 Å². The quantitative estimate of drug-likeness (QED) is 0.831. The highest BCUT2D eigenvalue weighted by molar-refractivity contribution is 7.18. The van der Waals surface area contributed by atoms with Gasteiger partial charge >= 0.3 is 0 Å². The molecule has 0 amide bonds. The minimum absolute atomic E-state index is 0.509. The van der Waals surface area contributed by atoms with Crippen molar-refractivity contribution in [2.45, 2.75) is 38.8 Å². The lowest BCUT2D eigenvalue weighted by atomic mass is 10.2. The van der Waals surface area contributed by atoms with Gasteiger partial charge in [0.05, 0.1) is 26.6 Å². The summed E-state index contributed by atoms with van der Waals surface area (Å²) in [6.45, 7) is 5.19. The van der Waals surface area contributed by atoms with Crippen molar-refractivity contribution in [1.82, 2.24) is 9.88 Å². The average molecular weight is 290 g/mol. The van der Waals surface area contributed by atoms with Crippen LogP contribution in [0.5, 0.6) is 0 Å². The molecule has 1 aromatic carbocycles. The Bertz CT molecular complexity index is 618. The number of nitrogens with zero attached hydrogens (tertiary/aromatic N) is 2. The molecule has 0 spiro atoms. The molecule has 0 radical (unpaired) electrons. The third-order valence-electron chi connectivity index (χ3n) is 4.07. The molecule has 2 aromatic rings. The van der Waals surface area contributed by atoms with Crippen molar-refractivity contribution in [1.29, 1.82) is 0 Å². The van der Waals surface area contributed by atoms with Crippen LogP contribution in [0.4, 0.5) is 11.4 Å². The standard InChI is InChI=1S/C15H22N4S/c1-9(19(3)11-4-5-11)8-17-13-7-14-15(6-12(13)16)20-10(2)18-14/h6-7,9,11,17H,4-5,8,16H2,1-3H3. The molecule has 1 unspecified atom stereocenters. The molecule has 1 aromatic heterocycles. The maximum Gasteiger partial charge on any atom is 0.0907 e. The van der Waals surface area contributed by atoms with E-state index < -0.39 is 0 Å². The van der Waals surface area contributed by atoms with Gasteiger partial charge in [0.25, 0.3) is 0 Å². The molecule has 1 aliphatic carbocycles.